The normalized spacial score (nSPS) is 24.1. The van der Waals surface area contributed by atoms with Crippen molar-refractivity contribution in [3.05, 3.63) is 18.0 Å². The van der Waals surface area contributed by atoms with E-state index in [9.17, 15) is 9.90 Å². The monoisotopic (exact) mass is 309 g/mol. The summed E-state index contributed by atoms with van der Waals surface area (Å²) in [5.74, 6) is 1.32. The molecule has 2 aliphatic heterocycles. The molecule has 1 saturated heterocycles. The Morgan fingerprint density at radius 3 is 2.91 bits per heavy atom. The average Bonchev–Trinajstić information content (AvgIpc) is 2.53. The van der Waals surface area contributed by atoms with E-state index in [-0.39, 0.29) is 12.6 Å². The third-order valence-corrected chi connectivity index (χ3v) is 3.88. The molecule has 3 N–H and O–H groups in total. The molecule has 0 bridgehead atoms. The number of fused-ring (bicyclic) bond motifs is 1. The Morgan fingerprint density at radius 1 is 1.41 bits per heavy atom. The van der Waals surface area contributed by atoms with Gasteiger partial charge in [-0.2, -0.15) is 0 Å². The second-order valence-corrected chi connectivity index (χ2v) is 5.39. The van der Waals surface area contributed by atoms with Crippen LogP contribution < -0.4 is 14.8 Å². The van der Waals surface area contributed by atoms with Crippen molar-refractivity contribution < 1.29 is 24.5 Å². The largest absolute Gasteiger partial charge is 0.486 e. The molecule has 1 aromatic heterocycles. The topological polar surface area (TPSA) is 104 Å². The summed E-state index contributed by atoms with van der Waals surface area (Å²) in [7, 11) is 0. The highest BCUT2D eigenvalue weighted by Gasteiger charge is 2.29. The lowest BCUT2D eigenvalue weighted by Crippen LogP contribution is -2.53. The molecule has 8 heteroatoms. The zero-order valence-corrected chi connectivity index (χ0v) is 12.1. The molecule has 2 atom stereocenters. The Labute approximate surface area is 127 Å². The molecule has 0 radical (unpaired) electrons. The van der Waals surface area contributed by atoms with Crippen molar-refractivity contribution in [2.45, 2.75) is 25.1 Å². The van der Waals surface area contributed by atoms with Crippen LogP contribution in [0.2, 0.25) is 0 Å². The summed E-state index contributed by atoms with van der Waals surface area (Å²) < 4.78 is 10.9. The van der Waals surface area contributed by atoms with Crippen LogP contribution in [0.25, 0.3) is 0 Å². The Morgan fingerprint density at radius 2 is 2.18 bits per heavy atom. The molecule has 8 nitrogen and oxygen atoms in total. The number of nitrogens with zero attached hydrogens (tertiary/aromatic N) is 2. The van der Waals surface area contributed by atoms with Crippen LogP contribution in [0.1, 0.15) is 12.1 Å². The number of amides is 1. The molecular weight excluding hydrogens is 290 g/mol. The number of pyridine rings is 1. The molecule has 120 valence electrons. The molecule has 3 rings (SSSR count). The molecule has 0 saturated carbocycles. The molecule has 3 heterocycles. The van der Waals surface area contributed by atoms with Crippen LogP contribution in [-0.4, -0.2) is 64.6 Å². The van der Waals surface area contributed by atoms with Gasteiger partial charge in [-0.25, -0.2) is 4.79 Å². The van der Waals surface area contributed by atoms with Crippen molar-refractivity contribution in [3.63, 3.8) is 0 Å². The highest BCUT2D eigenvalue weighted by atomic mass is 16.6. The molecule has 0 spiro atoms. The lowest BCUT2D eigenvalue weighted by molar-refractivity contribution is 0.0406. The van der Waals surface area contributed by atoms with Crippen LogP contribution in [0.4, 0.5) is 4.79 Å². The maximum absolute atomic E-state index is 10.9. The van der Waals surface area contributed by atoms with E-state index in [1.165, 1.54) is 4.90 Å². The molecule has 1 amide bonds. The van der Waals surface area contributed by atoms with Crippen molar-refractivity contribution in [1.82, 2.24) is 15.2 Å². The summed E-state index contributed by atoms with van der Waals surface area (Å²) in [5.41, 5.74) is 0.789. The van der Waals surface area contributed by atoms with E-state index in [4.69, 9.17) is 14.6 Å². The first-order valence-corrected chi connectivity index (χ1v) is 7.27. The number of aliphatic hydroxyl groups excluding tert-OH is 1. The van der Waals surface area contributed by atoms with E-state index in [2.05, 4.69) is 10.3 Å². The van der Waals surface area contributed by atoms with Gasteiger partial charge in [0.1, 0.15) is 13.2 Å². The number of aliphatic hydroxyl groups is 1. The number of ether oxygens (including phenoxy) is 2. The van der Waals surface area contributed by atoms with Crippen LogP contribution in [-0.2, 0) is 6.54 Å². The number of hydrogen-bond donors (Lipinski definition) is 3. The standard InChI is InChI=1S/C14H19N3O5/c18-11-8-17(14(19)20)2-1-10(11)16-6-9-5-12-13(7-15-9)22-4-3-21-12/h5,7,10-11,16,18H,1-4,6,8H2,(H,19,20)/t10-,11+/m0/s1. The first kappa shape index (κ1) is 14.9. The van der Waals surface area contributed by atoms with E-state index in [0.29, 0.717) is 44.2 Å². The lowest BCUT2D eigenvalue weighted by atomic mass is 10.0. The molecule has 0 unspecified atom stereocenters. The van der Waals surface area contributed by atoms with E-state index >= 15 is 0 Å². The van der Waals surface area contributed by atoms with E-state index in [1.54, 1.807) is 6.20 Å². The first-order valence-electron chi connectivity index (χ1n) is 7.27. The number of piperidine rings is 1. The Bertz CT molecular complexity index is 553. The molecule has 1 fully saturated rings. The van der Waals surface area contributed by atoms with Gasteiger partial charge in [0.15, 0.2) is 11.5 Å². The third-order valence-electron chi connectivity index (χ3n) is 3.88. The van der Waals surface area contributed by atoms with Crippen LogP contribution in [0.15, 0.2) is 12.3 Å². The minimum absolute atomic E-state index is 0.127. The average molecular weight is 309 g/mol. The second-order valence-electron chi connectivity index (χ2n) is 5.39. The van der Waals surface area contributed by atoms with Gasteiger partial charge in [-0.1, -0.05) is 0 Å². The number of aromatic nitrogens is 1. The smallest absolute Gasteiger partial charge is 0.407 e. The molecule has 0 aromatic carbocycles. The van der Waals surface area contributed by atoms with Gasteiger partial charge in [0.2, 0.25) is 0 Å². The molecule has 1 aromatic rings. The van der Waals surface area contributed by atoms with Gasteiger partial charge < -0.3 is 29.9 Å². The van der Waals surface area contributed by atoms with Crippen molar-refractivity contribution >= 4 is 6.09 Å². The van der Waals surface area contributed by atoms with Crippen LogP contribution >= 0.6 is 0 Å². The highest BCUT2D eigenvalue weighted by Crippen LogP contribution is 2.29. The highest BCUT2D eigenvalue weighted by molar-refractivity contribution is 5.65. The van der Waals surface area contributed by atoms with Gasteiger partial charge >= 0.3 is 6.09 Å². The SMILES string of the molecule is O=C(O)N1CC[C@H](NCc2cc3c(cn2)OCCO3)[C@H](O)C1. The number of carboxylic acid groups (broad SMARTS) is 1. The number of rotatable bonds is 3. The van der Waals surface area contributed by atoms with Crippen molar-refractivity contribution in [2.24, 2.45) is 0 Å². The van der Waals surface area contributed by atoms with Crippen molar-refractivity contribution in [1.29, 1.82) is 0 Å². The Balaban J connectivity index is 1.55. The summed E-state index contributed by atoms with van der Waals surface area (Å²) in [5, 5.41) is 22.2. The number of nitrogens with one attached hydrogen (secondary N) is 1. The predicted octanol–water partition coefficient (Wildman–Crippen LogP) is 0.0556. The van der Waals surface area contributed by atoms with E-state index in [0.717, 1.165) is 5.69 Å². The first-order chi connectivity index (χ1) is 10.6. The lowest BCUT2D eigenvalue weighted by Gasteiger charge is -2.34. The molecule has 0 aliphatic carbocycles. The quantitative estimate of drug-likeness (QED) is 0.725. The predicted molar refractivity (Wildman–Crippen MR) is 76.1 cm³/mol. The molecule has 2 aliphatic rings. The fraction of sp³-hybridized carbons (Fsp3) is 0.571. The second kappa shape index (κ2) is 6.37. The summed E-state index contributed by atoms with van der Waals surface area (Å²) in [4.78, 5) is 16.4. The van der Waals surface area contributed by atoms with E-state index < -0.39 is 12.2 Å². The van der Waals surface area contributed by atoms with Gasteiger partial charge in [0, 0.05) is 25.2 Å². The Kier molecular flexibility index (Phi) is 4.30. The fourth-order valence-electron chi connectivity index (χ4n) is 2.67. The fourth-order valence-corrected chi connectivity index (χ4v) is 2.67. The van der Waals surface area contributed by atoms with Gasteiger partial charge in [-0.3, -0.25) is 4.98 Å². The number of β-amino-alcohol motifs (C(OH)–C–C–N with tert-alkyl or cyclic N) is 1. The minimum Gasteiger partial charge on any atom is -0.486 e. The zero-order valence-electron chi connectivity index (χ0n) is 12.1. The summed E-state index contributed by atoms with van der Waals surface area (Å²) in [6.45, 7) is 2.07. The molecular formula is C14H19N3O5. The number of carbonyl (C=O) groups is 1. The molecule has 22 heavy (non-hydrogen) atoms. The van der Waals surface area contributed by atoms with E-state index in [1.807, 2.05) is 6.07 Å². The van der Waals surface area contributed by atoms with Gasteiger partial charge in [0.05, 0.1) is 24.5 Å². The van der Waals surface area contributed by atoms with Crippen LogP contribution in [0.3, 0.4) is 0 Å². The van der Waals surface area contributed by atoms with Crippen molar-refractivity contribution in [3.8, 4) is 11.5 Å². The summed E-state index contributed by atoms with van der Waals surface area (Å²) in [6, 6.07) is 1.67. The maximum Gasteiger partial charge on any atom is 0.407 e. The van der Waals surface area contributed by atoms with Crippen molar-refractivity contribution in [2.75, 3.05) is 26.3 Å². The van der Waals surface area contributed by atoms with Crippen LogP contribution in [0, 0.1) is 0 Å². The summed E-state index contributed by atoms with van der Waals surface area (Å²) >= 11 is 0. The van der Waals surface area contributed by atoms with Gasteiger partial charge in [0.25, 0.3) is 0 Å². The maximum atomic E-state index is 10.9. The Hall–Kier alpha value is -2.06. The summed E-state index contributed by atoms with van der Waals surface area (Å²) in [6.07, 6.45) is 0.487. The number of hydrogen-bond acceptors (Lipinski definition) is 6. The number of likely N-dealkylation sites (tertiary alicyclic amines) is 1. The minimum atomic E-state index is -0.994. The van der Waals surface area contributed by atoms with Gasteiger partial charge in [-0.05, 0) is 6.42 Å². The van der Waals surface area contributed by atoms with Crippen LogP contribution in [0.5, 0.6) is 11.5 Å². The third kappa shape index (κ3) is 3.23. The zero-order chi connectivity index (χ0) is 15.5. The van der Waals surface area contributed by atoms with Gasteiger partial charge in [-0.15, -0.1) is 0 Å².